The van der Waals surface area contributed by atoms with Crippen molar-refractivity contribution in [3.05, 3.63) is 76.8 Å². The Morgan fingerprint density at radius 2 is 1.83 bits per heavy atom. The van der Waals surface area contributed by atoms with Crippen molar-refractivity contribution < 1.29 is 18.8 Å². The maximum Gasteiger partial charge on any atom is 0.274 e. The van der Waals surface area contributed by atoms with E-state index in [1.54, 1.807) is 22.5 Å². The number of nitrogens with one attached hydrogen (secondary N) is 2. The number of imidazole rings is 1. The quantitative estimate of drug-likeness (QED) is 0.546. The Kier molecular flexibility index (Phi) is 5.70. The van der Waals surface area contributed by atoms with Gasteiger partial charge in [-0.1, -0.05) is 29.8 Å². The lowest BCUT2D eigenvalue weighted by atomic mass is 9.93. The Labute approximate surface area is 203 Å². The number of aromatic nitrogens is 2. The van der Waals surface area contributed by atoms with Gasteiger partial charge in [0.15, 0.2) is 5.69 Å². The summed E-state index contributed by atoms with van der Waals surface area (Å²) in [5, 5.41) is 5.78. The summed E-state index contributed by atoms with van der Waals surface area (Å²) < 4.78 is 7.12. The van der Waals surface area contributed by atoms with Crippen molar-refractivity contribution >= 4 is 17.7 Å². The van der Waals surface area contributed by atoms with Crippen LogP contribution in [0.25, 0.3) is 0 Å². The first-order chi connectivity index (χ1) is 16.8. The second kappa shape index (κ2) is 8.72. The molecule has 3 amide bonds. The van der Waals surface area contributed by atoms with Gasteiger partial charge in [-0.2, -0.15) is 0 Å². The molecule has 182 valence electrons. The van der Waals surface area contributed by atoms with Crippen LogP contribution in [0.15, 0.2) is 47.1 Å². The third-order valence-corrected chi connectivity index (χ3v) is 6.68. The van der Waals surface area contributed by atoms with E-state index in [1.807, 2.05) is 44.2 Å². The number of furan rings is 1. The molecule has 35 heavy (non-hydrogen) atoms. The fourth-order valence-corrected chi connectivity index (χ4v) is 4.63. The summed E-state index contributed by atoms with van der Waals surface area (Å²) in [6.07, 6.45) is 3.13. The number of rotatable bonds is 7. The summed E-state index contributed by atoms with van der Waals surface area (Å²) in [5.74, 6) is 0.348. The van der Waals surface area contributed by atoms with Gasteiger partial charge in [-0.25, -0.2) is 4.98 Å². The van der Waals surface area contributed by atoms with E-state index < -0.39 is 11.4 Å². The molecule has 9 heteroatoms. The van der Waals surface area contributed by atoms with Crippen LogP contribution in [0.4, 0.5) is 0 Å². The third kappa shape index (κ3) is 4.34. The van der Waals surface area contributed by atoms with Gasteiger partial charge < -0.3 is 24.5 Å². The van der Waals surface area contributed by atoms with Crippen LogP contribution < -0.4 is 10.6 Å². The standard InChI is InChI=1S/C26H29N5O4/c1-16-4-7-18(8-5-16)12-28-25(34)26(3)14-30-15-29-21(22(30)24(33)31(26)19-9-10-19)23(32)27-13-20-11-6-17(2)35-20/h4-8,11,15,19H,9-10,12-14H2,1-3H3,(H,27,32)(H,28,34)/t26-/m1/s1. The molecule has 9 nitrogen and oxygen atoms in total. The van der Waals surface area contributed by atoms with Crippen molar-refractivity contribution in [3.8, 4) is 0 Å². The predicted molar refractivity (Wildman–Crippen MR) is 127 cm³/mol. The molecule has 1 aliphatic carbocycles. The topological polar surface area (TPSA) is 109 Å². The Morgan fingerprint density at radius 1 is 1.09 bits per heavy atom. The molecule has 2 aromatic heterocycles. The fraction of sp³-hybridized carbons (Fsp3) is 0.385. The van der Waals surface area contributed by atoms with Gasteiger partial charge in [-0.3, -0.25) is 14.4 Å². The average Bonchev–Trinajstić information content (AvgIpc) is 3.42. The first-order valence-corrected chi connectivity index (χ1v) is 11.8. The van der Waals surface area contributed by atoms with Crippen LogP contribution in [0.1, 0.15) is 63.4 Å². The maximum atomic E-state index is 13.7. The highest BCUT2D eigenvalue weighted by Crippen LogP contribution is 2.38. The van der Waals surface area contributed by atoms with E-state index in [0.29, 0.717) is 12.3 Å². The van der Waals surface area contributed by atoms with Crippen molar-refractivity contribution in [2.45, 2.75) is 64.8 Å². The van der Waals surface area contributed by atoms with Crippen molar-refractivity contribution in [1.82, 2.24) is 25.1 Å². The number of hydrogen-bond donors (Lipinski definition) is 2. The Hall–Kier alpha value is -3.88. The molecule has 0 saturated heterocycles. The minimum atomic E-state index is -1.09. The number of benzene rings is 1. The SMILES string of the molecule is Cc1ccc(CNC(=O)[C@@]2(C)Cn3cnc(C(=O)NCc4ccc(C)o4)c3C(=O)N2C2CC2)cc1. The zero-order valence-electron chi connectivity index (χ0n) is 20.1. The van der Waals surface area contributed by atoms with E-state index in [9.17, 15) is 14.4 Å². The van der Waals surface area contributed by atoms with Crippen LogP contribution in [0.3, 0.4) is 0 Å². The number of hydrogen-bond acceptors (Lipinski definition) is 5. The smallest absolute Gasteiger partial charge is 0.274 e. The van der Waals surface area contributed by atoms with E-state index in [2.05, 4.69) is 15.6 Å². The monoisotopic (exact) mass is 475 g/mol. The van der Waals surface area contributed by atoms with Crippen LogP contribution in [0, 0.1) is 13.8 Å². The maximum absolute atomic E-state index is 13.7. The van der Waals surface area contributed by atoms with E-state index in [1.165, 1.54) is 6.33 Å². The molecule has 5 rings (SSSR count). The number of carbonyl (C=O) groups excluding carboxylic acids is 3. The van der Waals surface area contributed by atoms with Crippen LogP contribution in [0.2, 0.25) is 0 Å². The Balaban J connectivity index is 1.36. The largest absolute Gasteiger partial charge is 0.465 e. The molecule has 1 atom stereocenters. The van der Waals surface area contributed by atoms with Crippen molar-refractivity contribution in [1.29, 1.82) is 0 Å². The molecular formula is C26H29N5O4. The highest BCUT2D eigenvalue weighted by molar-refractivity contribution is 6.07. The van der Waals surface area contributed by atoms with Crippen LogP contribution in [-0.2, 0) is 24.4 Å². The Morgan fingerprint density at radius 3 is 2.49 bits per heavy atom. The second-order valence-corrected chi connectivity index (χ2v) is 9.61. The van der Waals surface area contributed by atoms with Gasteiger partial charge in [0.1, 0.15) is 22.8 Å². The fourth-order valence-electron chi connectivity index (χ4n) is 4.63. The van der Waals surface area contributed by atoms with Gasteiger partial charge in [-0.05, 0) is 51.3 Å². The molecule has 0 radical (unpaired) electrons. The number of carbonyl (C=O) groups is 3. The van der Waals surface area contributed by atoms with E-state index in [0.717, 1.165) is 29.7 Å². The minimum absolute atomic E-state index is 0.0247. The van der Waals surface area contributed by atoms with Gasteiger partial charge >= 0.3 is 0 Å². The zero-order valence-corrected chi connectivity index (χ0v) is 20.1. The van der Waals surface area contributed by atoms with E-state index in [4.69, 9.17) is 4.42 Å². The molecule has 3 heterocycles. The molecule has 1 saturated carbocycles. The van der Waals surface area contributed by atoms with Crippen LogP contribution in [0.5, 0.6) is 0 Å². The summed E-state index contributed by atoms with van der Waals surface area (Å²) in [6.45, 7) is 6.42. The van der Waals surface area contributed by atoms with Crippen LogP contribution in [-0.4, -0.2) is 43.8 Å². The highest BCUT2D eigenvalue weighted by atomic mass is 16.3. The molecule has 2 N–H and O–H groups in total. The molecule has 0 bridgehead atoms. The van der Waals surface area contributed by atoms with E-state index in [-0.39, 0.29) is 42.3 Å². The normalized spacial score (nSPS) is 19.4. The molecule has 2 aliphatic rings. The first kappa shape index (κ1) is 22.9. The Bertz CT molecular complexity index is 1290. The van der Waals surface area contributed by atoms with Crippen molar-refractivity contribution in [3.63, 3.8) is 0 Å². The molecular weight excluding hydrogens is 446 g/mol. The second-order valence-electron chi connectivity index (χ2n) is 9.61. The molecule has 3 aromatic rings. The summed E-state index contributed by atoms with van der Waals surface area (Å²) >= 11 is 0. The molecule has 0 spiro atoms. The molecule has 1 aliphatic heterocycles. The number of amides is 3. The lowest BCUT2D eigenvalue weighted by molar-refractivity contribution is -0.133. The van der Waals surface area contributed by atoms with Gasteiger partial charge in [0.2, 0.25) is 5.91 Å². The zero-order chi connectivity index (χ0) is 24.7. The lowest BCUT2D eigenvalue weighted by Gasteiger charge is -2.44. The highest BCUT2D eigenvalue weighted by Gasteiger charge is 2.53. The molecule has 1 aromatic carbocycles. The summed E-state index contributed by atoms with van der Waals surface area (Å²) in [5.41, 5.74) is 1.33. The van der Waals surface area contributed by atoms with E-state index >= 15 is 0 Å². The predicted octanol–water partition coefficient (Wildman–Crippen LogP) is 2.72. The van der Waals surface area contributed by atoms with Gasteiger partial charge in [-0.15, -0.1) is 0 Å². The first-order valence-electron chi connectivity index (χ1n) is 11.8. The van der Waals surface area contributed by atoms with Gasteiger partial charge in [0.05, 0.1) is 19.4 Å². The molecule has 1 fully saturated rings. The van der Waals surface area contributed by atoms with Gasteiger partial charge in [0, 0.05) is 12.6 Å². The number of nitrogens with zero attached hydrogens (tertiary/aromatic N) is 3. The third-order valence-electron chi connectivity index (χ3n) is 6.68. The van der Waals surface area contributed by atoms with Crippen molar-refractivity contribution in [2.24, 2.45) is 0 Å². The number of aryl methyl sites for hydroxylation is 2. The van der Waals surface area contributed by atoms with Gasteiger partial charge in [0.25, 0.3) is 11.8 Å². The van der Waals surface area contributed by atoms with Crippen molar-refractivity contribution in [2.75, 3.05) is 0 Å². The minimum Gasteiger partial charge on any atom is -0.465 e. The van der Waals surface area contributed by atoms with Crippen LogP contribution >= 0.6 is 0 Å². The summed E-state index contributed by atoms with van der Waals surface area (Å²) in [7, 11) is 0. The summed E-state index contributed by atoms with van der Waals surface area (Å²) in [6, 6.07) is 11.5. The summed E-state index contributed by atoms with van der Waals surface area (Å²) in [4.78, 5) is 45.9. The lowest BCUT2D eigenvalue weighted by Crippen LogP contribution is -2.64. The number of fused-ring (bicyclic) bond motifs is 1. The molecule has 0 unspecified atom stereocenters. The average molecular weight is 476 g/mol.